The van der Waals surface area contributed by atoms with Crippen LogP contribution in [0.5, 0.6) is 5.75 Å². The number of nitrogens with one attached hydrogen (secondary N) is 2. The van der Waals surface area contributed by atoms with E-state index in [9.17, 15) is 4.79 Å². The number of methoxy groups -OCH3 is 1. The molecule has 1 unspecified atom stereocenters. The van der Waals surface area contributed by atoms with Gasteiger partial charge in [0, 0.05) is 0 Å². The van der Waals surface area contributed by atoms with Crippen LogP contribution in [0.3, 0.4) is 0 Å². The van der Waals surface area contributed by atoms with E-state index in [-0.39, 0.29) is 18.0 Å². The molecule has 2 atom stereocenters. The number of hydrogen-bond acceptors (Lipinski definition) is 3. The van der Waals surface area contributed by atoms with Crippen LogP contribution in [-0.4, -0.2) is 25.6 Å². The highest BCUT2D eigenvalue weighted by Gasteiger charge is 2.23. The molecule has 1 aromatic rings. The highest BCUT2D eigenvalue weighted by atomic mass is 79.9. The average molecular weight is 327 g/mol. The van der Waals surface area contributed by atoms with Gasteiger partial charge in [0.1, 0.15) is 5.75 Å². The maximum Gasteiger partial charge on any atom is 0.237 e. The van der Waals surface area contributed by atoms with Gasteiger partial charge < -0.3 is 15.4 Å². The second-order valence-corrected chi connectivity index (χ2v) is 5.63. The Kier molecular flexibility index (Phi) is 4.82. The average Bonchev–Trinajstić information content (AvgIpc) is 2.92. The van der Waals surface area contributed by atoms with Gasteiger partial charge >= 0.3 is 0 Å². The summed E-state index contributed by atoms with van der Waals surface area (Å²) in [6.45, 7) is 2.92. The van der Waals surface area contributed by atoms with Gasteiger partial charge in [0.25, 0.3) is 0 Å². The number of carbonyl (C=O) groups excluding carboxylic acids is 1. The molecule has 1 heterocycles. The van der Waals surface area contributed by atoms with Crippen molar-refractivity contribution in [3.05, 3.63) is 28.2 Å². The van der Waals surface area contributed by atoms with Crippen LogP contribution in [0.2, 0.25) is 0 Å². The number of halogens is 1. The first kappa shape index (κ1) is 14.3. The molecule has 0 spiro atoms. The number of hydrogen-bond donors (Lipinski definition) is 2. The predicted molar refractivity (Wildman–Crippen MR) is 78.3 cm³/mol. The molecule has 0 saturated carbocycles. The zero-order chi connectivity index (χ0) is 13.8. The summed E-state index contributed by atoms with van der Waals surface area (Å²) in [5.41, 5.74) is 1.05. The number of benzene rings is 1. The van der Waals surface area contributed by atoms with Crippen molar-refractivity contribution in [2.45, 2.75) is 31.8 Å². The molecule has 5 heteroatoms. The monoisotopic (exact) mass is 326 g/mol. The van der Waals surface area contributed by atoms with Crippen molar-refractivity contribution >= 4 is 21.8 Å². The highest BCUT2D eigenvalue weighted by Crippen LogP contribution is 2.28. The normalized spacial score (nSPS) is 20.1. The maximum absolute atomic E-state index is 12.0. The van der Waals surface area contributed by atoms with Crippen LogP contribution in [0.4, 0.5) is 0 Å². The van der Waals surface area contributed by atoms with E-state index < -0.39 is 0 Å². The summed E-state index contributed by atoms with van der Waals surface area (Å²) in [5, 5.41) is 6.24. The summed E-state index contributed by atoms with van der Waals surface area (Å²) < 4.78 is 6.09. The minimum atomic E-state index is -0.0378. The molecule has 19 heavy (non-hydrogen) atoms. The van der Waals surface area contributed by atoms with Crippen molar-refractivity contribution in [3.8, 4) is 5.75 Å². The second kappa shape index (κ2) is 6.39. The summed E-state index contributed by atoms with van der Waals surface area (Å²) in [6, 6.07) is 5.79. The van der Waals surface area contributed by atoms with Crippen LogP contribution in [0, 0.1) is 0 Å². The molecule has 0 aromatic heterocycles. The Balaban J connectivity index is 2.00. The molecular formula is C14H19BrN2O2. The van der Waals surface area contributed by atoms with Gasteiger partial charge in [0.05, 0.1) is 23.7 Å². The fourth-order valence-electron chi connectivity index (χ4n) is 2.26. The van der Waals surface area contributed by atoms with Crippen LogP contribution in [0.1, 0.15) is 31.4 Å². The first-order valence-corrected chi connectivity index (χ1v) is 7.28. The molecule has 1 amide bonds. The third-order valence-electron chi connectivity index (χ3n) is 3.41. The van der Waals surface area contributed by atoms with Crippen LogP contribution >= 0.6 is 15.9 Å². The Labute approximate surface area is 122 Å². The summed E-state index contributed by atoms with van der Waals surface area (Å²) >= 11 is 3.46. The molecule has 2 N–H and O–H groups in total. The van der Waals surface area contributed by atoms with Gasteiger partial charge in [0.15, 0.2) is 0 Å². The van der Waals surface area contributed by atoms with E-state index in [1.807, 2.05) is 25.1 Å². The topological polar surface area (TPSA) is 50.4 Å². The van der Waals surface area contributed by atoms with Gasteiger partial charge in [-0.1, -0.05) is 6.07 Å². The largest absolute Gasteiger partial charge is 0.496 e. The summed E-state index contributed by atoms with van der Waals surface area (Å²) in [4.78, 5) is 12.0. The lowest BCUT2D eigenvalue weighted by Crippen LogP contribution is -2.41. The van der Waals surface area contributed by atoms with Gasteiger partial charge in [-0.15, -0.1) is 0 Å². The predicted octanol–water partition coefficient (Wildman–Crippen LogP) is 2.39. The molecular weight excluding hydrogens is 308 g/mol. The Morgan fingerprint density at radius 1 is 1.58 bits per heavy atom. The first-order chi connectivity index (χ1) is 9.11. The minimum Gasteiger partial charge on any atom is -0.496 e. The van der Waals surface area contributed by atoms with Crippen molar-refractivity contribution in [2.75, 3.05) is 13.7 Å². The van der Waals surface area contributed by atoms with E-state index in [0.717, 1.165) is 35.2 Å². The van der Waals surface area contributed by atoms with Crippen molar-refractivity contribution in [2.24, 2.45) is 0 Å². The quantitative estimate of drug-likeness (QED) is 0.893. The van der Waals surface area contributed by atoms with Crippen molar-refractivity contribution in [1.29, 1.82) is 0 Å². The Bertz CT molecular complexity index is 459. The third-order valence-corrected chi connectivity index (χ3v) is 4.03. The molecule has 0 bridgehead atoms. The fourth-order valence-corrected chi connectivity index (χ4v) is 2.82. The zero-order valence-electron chi connectivity index (χ0n) is 11.2. The SMILES string of the molecule is COc1ccc(C(C)NC(=O)[C@H]2CCCN2)cc1Br. The molecule has 1 aliphatic heterocycles. The smallest absolute Gasteiger partial charge is 0.237 e. The van der Waals surface area contributed by atoms with E-state index >= 15 is 0 Å². The minimum absolute atomic E-state index is 0.0166. The van der Waals surface area contributed by atoms with Crippen LogP contribution < -0.4 is 15.4 Å². The Morgan fingerprint density at radius 3 is 2.95 bits per heavy atom. The number of ether oxygens (including phenoxy) is 1. The van der Waals surface area contributed by atoms with Crippen molar-refractivity contribution in [1.82, 2.24) is 10.6 Å². The lowest BCUT2D eigenvalue weighted by atomic mass is 10.1. The zero-order valence-corrected chi connectivity index (χ0v) is 12.8. The molecule has 1 fully saturated rings. The van der Waals surface area contributed by atoms with E-state index in [0.29, 0.717) is 0 Å². The Morgan fingerprint density at radius 2 is 2.37 bits per heavy atom. The van der Waals surface area contributed by atoms with Crippen LogP contribution in [0.25, 0.3) is 0 Å². The van der Waals surface area contributed by atoms with Crippen molar-refractivity contribution in [3.63, 3.8) is 0 Å². The number of rotatable bonds is 4. The Hall–Kier alpha value is -1.07. The number of amides is 1. The third kappa shape index (κ3) is 3.48. The van der Waals surface area contributed by atoms with Gasteiger partial charge in [-0.05, 0) is 59.9 Å². The van der Waals surface area contributed by atoms with E-state index in [1.165, 1.54) is 0 Å². The molecule has 1 saturated heterocycles. The molecule has 104 valence electrons. The number of carbonyl (C=O) groups is 1. The molecule has 4 nitrogen and oxygen atoms in total. The standard InChI is InChI=1S/C14H19BrN2O2/c1-9(17-14(18)12-4-3-7-16-12)10-5-6-13(19-2)11(15)8-10/h5-6,8-9,12,16H,3-4,7H2,1-2H3,(H,17,18)/t9?,12-/m1/s1. The van der Waals surface area contributed by atoms with E-state index in [4.69, 9.17) is 4.74 Å². The van der Waals surface area contributed by atoms with Gasteiger partial charge in [-0.2, -0.15) is 0 Å². The summed E-state index contributed by atoms with van der Waals surface area (Å²) in [6.07, 6.45) is 1.99. The lowest BCUT2D eigenvalue weighted by molar-refractivity contribution is -0.123. The summed E-state index contributed by atoms with van der Waals surface area (Å²) in [5.74, 6) is 0.872. The highest BCUT2D eigenvalue weighted by molar-refractivity contribution is 9.10. The molecule has 0 aliphatic carbocycles. The molecule has 1 aromatic carbocycles. The van der Waals surface area contributed by atoms with Gasteiger partial charge in [-0.3, -0.25) is 4.79 Å². The van der Waals surface area contributed by atoms with E-state index in [2.05, 4.69) is 26.6 Å². The second-order valence-electron chi connectivity index (χ2n) is 4.77. The first-order valence-electron chi connectivity index (χ1n) is 6.49. The molecule has 0 radical (unpaired) electrons. The fraction of sp³-hybridized carbons (Fsp3) is 0.500. The molecule has 1 aliphatic rings. The lowest BCUT2D eigenvalue weighted by Gasteiger charge is -2.18. The maximum atomic E-state index is 12.0. The van der Waals surface area contributed by atoms with Gasteiger partial charge in [-0.25, -0.2) is 0 Å². The van der Waals surface area contributed by atoms with Crippen LogP contribution in [-0.2, 0) is 4.79 Å². The van der Waals surface area contributed by atoms with Crippen LogP contribution in [0.15, 0.2) is 22.7 Å². The van der Waals surface area contributed by atoms with E-state index in [1.54, 1.807) is 7.11 Å². The van der Waals surface area contributed by atoms with Gasteiger partial charge in [0.2, 0.25) is 5.91 Å². The summed E-state index contributed by atoms with van der Waals surface area (Å²) in [7, 11) is 1.64. The molecule has 2 rings (SSSR count). The van der Waals surface area contributed by atoms with Crippen molar-refractivity contribution < 1.29 is 9.53 Å².